The average Bonchev–Trinajstić information content (AvgIpc) is 3.73. The van der Waals surface area contributed by atoms with E-state index in [4.69, 9.17) is 0 Å². The Balaban J connectivity index is 1.02. The Kier molecular flexibility index (Phi) is 6.66. The maximum absolute atomic E-state index is 2.43. The molecule has 11 aromatic rings. The summed E-state index contributed by atoms with van der Waals surface area (Å²) in [6.07, 6.45) is 0. The third kappa shape index (κ3) is 4.47. The third-order valence-corrected chi connectivity index (χ3v) is 13.8. The molecule has 12 rings (SSSR count). The maximum atomic E-state index is 2.43. The Morgan fingerprint density at radius 3 is 1.61 bits per heavy atom. The summed E-state index contributed by atoms with van der Waals surface area (Å²) in [6.45, 7) is 4.85. The van der Waals surface area contributed by atoms with E-state index in [0.29, 0.717) is 0 Å². The van der Waals surface area contributed by atoms with Crippen molar-refractivity contribution in [2.75, 3.05) is 0 Å². The summed E-state index contributed by atoms with van der Waals surface area (Å²) >= 11 is 1.95. The van der Waals surface area contributed by atoms with Crippen molar-refractivity contribution in [1.82, 2.24) is 0 Å². The molecule has 0 saturated carbocycles. The van der Waals surface area contributed by atoms with Crippen molar-refractivity contribution in [2.24, 2.45) is 0 Å². The van der Waals surface area contributed by atoms with Gasteiger partial charge in [-0.1, -0.05) is 172 Å². The van der Waals surface area contributed by atoms with Crippen molar-refractivity contribution in [2.45, 2.75) is 19.3 Å². The molecular formula is C55H36S. The van der Waals surface area contributed by atoms with Crippen molar-refractivity contribution >= 4 is 74.6 Å². The van der Waals surface area contributed by atoms with E-state index in [1.54, 1.807) is 0 Å². The van der Waals surface area contributed by atoms with E-state index >= 15 is 0 Å². The second kappa shape index (κ2) is 11.7. The van der Waals surface area contributed by atoms with Crippen molar-refractivity contribution in [3.63, 3.8) is 0 Å². The molecule has 0 bridgehead atoms. The largest absolute Gasteiger partial charge is 0.135 e. The fourth-order valence-corrected chi connectivity index (χ4v) is 11.5. The molecule has 0 atom stereocenters. The number of thiophene rings is 1. The van der Waals surface area contributed by atoms with Gasteiger partial charge in [-0.15, -0.1) is 11.3 Å². The molecule has 0 N–H and O–H groups in total. The van der Waals surface area contributed by atoms with E-state index in [1.165, 1.54) is 119 Å². The van der Waals surface area contributed by atoms with Crippen LogP contribution in [0.15, 0.2) is 182 Å². The number of fused-ring (bicyclic) bond motifs is 12. The molecular weight excluding hydrogens is 693 g/mol. The summed E-state index contributed by atoms with van der Waals surface area (Å²) in [4.78, 5) is 0. The molecule has 0 fully saturated rings. The molecule has 0 amide bonds. The molecule has 10 aromatic carbocycles. The van der Waals surface area contributed by atoms with Gasteiger partial charge in [-0.05, 0) is 123 Å². The van der Waals surface area contributed by atoms with Gasteiger partial charge in [-0.25, -0.2) is 0 Å². The van der Waals surface area contributed by atoms with Crippen LogP contribution in [-0.4, -0.2) is 0 Å². The molecule has 1 aromatic heterocycles. The predicted octanol–water partition coefficient (Wildman–Crippen LogP) is 16.0. The summed E-state index contributed by atoms with van der Waals surface area (Å²) in [5.74, 6) is 0. The van der Waals surface area contributed by atoms with Crippen LogP contribution in [0, 0.1) is 0 Å². The molecule has 1 aliphatic rings. The van der Waals surface area contributed by atoms with E-state index in [-0.39, 0.29) is 5.41 Å². The van der Waals surface area contributed by atoms with Crippen molar-refractivity contribution in [3.8, 4) is 44.5 Å². The minimum absolute atomic E-state index is 0.0987. The van der Waals surface area contributed by atoms with Crippen molar-refractivity contribution in [3.05, 3.63) is 193 Å². The van der Waals surface area contributed by atoms with Gasteiger partial charge < -0.3 is 0 Å². The zero-order valence-electron chi connectivity index (χ0n) is 31.2. The zero-order valence-corrected chi connectivity index (χ0v) is 32.0. The Hall–Kier alpha value is -6.54. The Bertz CT molecular complexity index is 3390. The predicted molar refractivity (Wildman–Crippen MR) is 243 cm³/mol. The zero-order chi connectivity index (χ0) is 37.1. The fraction of sp³-hybridized carbons (Fsp3) is 0.0545. The van der Waals surface area contributed by atoms with Gasteiger partial charge in [0.15, 0.2) is 0 Å². The monoisotopic (exact) mass is 728 g/mol. The lowest BCUT2D eigenvalue weighted by atomic mass is 9.80. The van der Waals surface area contributed by atoms with Gasteiger partial charge in [-0.2, -0.15) is 0 Å². The molecule has 0 radical (unpaired) electrons. The van der Waals surface area contributed by atoms with Crippen LogP contribution < -0.4 is 0 Å². The number of rotatable bonds is 3. The van der Waals surface area contributed by atoms with Gasteiger partial charge in [0, 0.05) is 25.6 Å². The van der Waals surface area contributed by atoms with E-state index in [0.717, 1.165) is 0 Å². The van der Waals surface area contributed by atoms with E-state index in [9.17, 15) is 0 Å². The SMILES string of the molecule is CC1(C)c2c(ccc3ccccc23)-c2ccc3c(sc4ccc(-c5cccc(-c6c7ccccc7c(-c7ccc8ccccc8c7)c7ccccc67)c5)cc43)c21. The smallest absolute Gasteiger partial charge is 0.0402 e. The first kappa shape index (κ1) is 31.8. The van der Waals surface area contributed by atoms with Crippen molar-refractivity contribution in [1.29, 1.82) is 0 Å². The summed E-state index contributed by atoms with van der Waals surface area (Å²) in [5.41, 5.74) is 13.1. The highest BCUT2D eigenvalue weighted by molar-refractivity contribution is 7.26. The standard InChI is InChI=1S/C55H36S/c1-55(2)52-40-17-6-5-13-34(40)24-26-45(52)46-27-28-47-48-32-37(25-29-49(48)56-54(47)53(46)55)36-15-11-16-38(31-36)50-41-18-7-9-20-43(41)51(44-21-10-8-19-42(44)50)39-23-22-33-12-3-4-14-35(33)30-39/h3-32H,1-2H3. The second-order valence-corrected chi connectivity index (χ2v) is 17.0. The van der Waals surface area contributed by atoms with Crippen LogP contribution in [0.4, 0.5) is 0 Å². The fourth-order valence-electron chi connectivity index (χ4n) is 10.1. The van der Waals surface area contributed by atoms with Gasteiger partial charge in [0.1, 0.15) is 0 Å². The highest BCUT2D eigenvalue weighted by atomic mass is 32.1. The Morgan fingerprint density at radius 1 is 0.339 bits per heavy atom. The molecule has 0 spiro atoms. The minimum atomic E-state index is -0.0987. The van der Waals surface area contributed by atoms with Gasteiger partial charge >= 0.3 is 0 Å². The molecule has 56 heavy (non-hydrogen) atoms. The first-order valence-corrected chi connectivity index (χ1v) is 20.4. The van der Waals surface area contributed by atoms with E-state index in [2.05, 4.69) is 196 Å². The van der Waals surface area contributed by atoms with Crippen molar-refractivity contribution < 1.29 is 0 Å². The lowest BCUT2D eigenvalue weighted by Gasteiger charge is -2.23. The third-order valence-electron chi connectivity index (χ3n) is 12.6. The summed E-state index contributed by atoms with van der Waals surface area (Å²) in [6, 6.07) is 68.1. The quantitative estimate of drug-likeness (QED) is 0.159. The number of hydrogen-bond acceptors (Lipinski definition) is 1. The van der Waals surface area contributed by atoms with E-state index < -0.39 is 0 Å². The second-order valence-electron chi connectivity index (χ2n) is 16.0. The van der Waals surface area contributed by atoms with Gasteiger partial charge in [0.2, 0.25) is 0 Å². The van der Waals surface area contributed by atoms with Crippen LogP contribution in [0.3, 0.4) is 0 Å². The first-order valence-electron chi connectivity index (χ1n) is 19.6. The molecule has 0 unspecified atom stereocenters. The highest BCUT2D eigenvalue weighted by Crippen LogP contribution is 2.56. The normalized spacial score (nSPS) is 13.3. The molecule has 1 heteroatoms. The molecule has 1 aliphatic carbocycles. The van der Waals surface area contributed by atoms with Crippen LogP contribution >= 0.6 is 11.3 Å². The van der Waals surface area contributed by atoms with Crippen LogP contribution in [-0.2, 0) is 5.41 Å². The average molecular weight is 729 g/mol. The summed E-state index contributed by atoms with van der Waals surface area (Å²) < 4.78 is 2.75. The maximum Gasteiger partial charge on any atom is 0.0402 e. The van der Waals surface area contributed by atoms with E-state index in [1.807, 2.05) is 11.3 Å². The van der Waals surface area contributed by atoms with Crippen LogP contribution in [0.2, 0.25) is 0 Å². The Morgan fingerprint density at radius 2 is 0.875 bits per heavy atom. The molecule has 0 saturated heterocycles. The number of benzene rings is 10. The highest BCUT2D eigenvalue weighted by Gasteiger charge is 2.39. The van der Waals surface area contributed by atoms with Crippen LogP contribution in [0.5, 0.6) is 0 Å². The molecule has 0 nitrogen and oxygen atoms in total. The summed E-state index contributed by atoms with van der Waals surface area (Å²) in [7, 11) is 0. The lowest BCUT2D eigenvalue weighted by molar-refractivity contribution is 0.673. The first-order chi connectivity index (χ1) is 27.5. The molecule has 0 aliphatic heterocycles. The minimum Gasteiger partial charge on any atom is -0.135 e. The Labute approximate surface area is 329 Å². The van der Waals surface area contributed by atoms with Gasteiger partial charge in [0.25, 0.3) is 0 Å². The molecule has 262 valence electrons. The van der Waals surface area contributed by atoms with Crippen LogP contribution in [0.1, 0.15) is 25.0 Å². The lowest BCUT2D eigenvalue weighted by Crippen LogP contribution is -2.15. The van der Waals surface area contributed by atoms with Crippen LogP contribution in [0.25, 0.3) is 108 Å². The summed E-state index contributed by atoms with van der Waals surface area (Å²) in [5, 5.41) is 13.0. The van der Waals surface area contributed by atoms with Gasteiger partial charge in [-0.3, -0.25) is 0 Å². The number of hydrogen-bond donors (Lipinski definition) is 0. The topological polar surface area (TPSA) is 0 Å². The molecule has 1 heterocycles. The van der Waals surface area contributed by atoms with Gasteiger partial charge in [0.05, 0.1) is 0 Å².